The largest absolute Gasteiger partial charge is 0.280 e. The van der Waals surface area contributed by atoms with E-state index in [4.69, 9.17) is 0 Å². The lowest BCUT2D eigenvalue weighted by Gasteiger charge is -1.95. The van der Waals surface area contributed by atoms with Crippen molar-refractivity contribution >= 4 is 22.6 Å². The SMILES string of the molecule is CCC1N=C(C)C(=O)S1. The molecule has 1 rings (SSSR count). The summed E-state index contributed by atoms with van der Waals surface area (Å²) in [5.41, 5.74) is 0.673. The molecule has 1 aliphatic heterocycles. The van der Waals surface area contributed by atoms with Gasteiger partial charge in [-0.05, 0) is 13.3 Å². The van der Waals surface area contributed by atoms with Crippen LogP contribution in [0.3, 0.4) is 0 Å². The van der Waals surface area contributed by atoms with Crippen LogP contribution in [0.25, 0.3) is 0 Å². The third-order valence-corrected chi connectivity index (χ3v) is 2.45. The van der Waals surface area contributed by atoms with Crippen molar-refractivity contribution in [3.63, 3.8) is 0 Å². The van der Waals surface area contributed by atoms with Crippen LogP contribution in [0, 0.1) is 0 Å². The van der Waals surface area contributed by atoms with Crippen LogP contribution in [-0.4, -0.2) is 16.2 Å². The van der Waals surface area contributed by atoms with Crippen LogP contribution in [0.5, 0.6) is 0 Å². The maximum atomic E-state index is 10.8. The lowest BCUT2D eigenvalue weighted by atomic mass is 10.4. The second kappa shape index (κ2) is 2.52. The van der Waals surface area contributed by atoms with Crippen molar-refractivity contribution in [2.45, 2.75) is 25.6 Å². The maximum Gasteiger partial charge on any atom is 0.234 e. The lowest BCUT2D eigenvalue weighted by Crippen LogP contribution is -1.97. The molecule has 1 heterocycles. The molecule has 1 aliphatic rings. The summed E-state index contributed by atoms with van der Waals surface area (Å²) in [6.07, 6.45) is 0.952. The lowest BCUT2D eigenvalue weighted by molar-refractivity contribution is -0.105. The number of aliphatic imine (C=N–C) groups is 1. The van der Waals surface area contributed by atoms with Crippen molar-refractivity contribution in [2.24, 2.45) is 4.99 Å². The number of rotatable bonds is 1. The van der Waals surface area contributed by atoms with Crippen LogP contribution in [-0.2, 0) is 4.79 Å². The van der Waals surface area contributed by atoms with Crippen LogP contribution < -0.4 is 0 Å². The third-order valence-electron chi connectivity index (χ3n) is 1.23. The van der Waals surface area contributed by atoms with Gasteiger partial charge in [-0.3, -0.25) is 9.79 Å². The first-order valence-electron chi connectivity index (χ1n) is 2.99. The maximum absolute atomic E-state index is 10.8. The van der Waals surface area contributed by atoms with Gasteiger partial charge in [0.2, 0.25) is 5.12 Å². The molecule has 9 heavy (non-hydrogen) atoms. The first kappa shape index (κ1) is 6.81. The Labute approximate surface area is 58.7 Å². The fourth-order valence-electron chi connectivity index (χ4n) is 0.678. The van der Waals surface area contributed by atoms with E-state index in [-0.39, 0.29) is 10.5 Å². The molecule has 0 saturated carbocycles. The zero-order valence-corrected chi connectivity index (χ0v) is 6.36. The van der Waals surface area contributed by atoms with Crippen LogP contribution in [0.15, 0.2) is 4.99 Å². The summed E-state index contributed by atoms with van der Waals surface area (Å²) >= 11 is 1.33. The first-order valence-corrected chi connectivity index (χ1v) is 3.87. The molecule has 0 aromatic heterocycles. The number of carbonyl (C=O) groups excluding carboxylic acids is 1. The zero-order chi connectivity index (χ0) is 6.85. The summed E-state index contributed by atoms with van der Waals surface area (Å²) in [6, 6.07) is 0. The Balaban J connectivity index is 2.62. The van der Waals surface area contributed by atoms with Crippen LogP contribution in [0.1, 0.15) is 20.3 Å². The normalized spacial score (nSPS) is 26.7. The van der Waals surface area contributed by atoms with Crippen molar-refractivity contribution in [2.75, 3.05) is 0 Å². The number of hydrogen-bond acceptors (Lipinski definition) is 3. The fourth-order valence-corrected chi connectivity index (χ4v) is 1.53. The summed E-state index contributed by atoms with van der Waals surface area (Å²) < 4.78 is 0. The Morgan fingerprint density at radius 3 is 2.67 bits per heavy atom. The average molecular weight is 143 g/mol. The summed E-state index contributed by atoms with van der Waals surface area (Å²) in [7, 11) is 0. The Bertz CT molecular complexity index is 164. The summed E-state index contributed by atoms with van der Waals surface area (Å²) in [6.45, 7) is 3.80. The van der Waals surface area contributed by atoms with E-state index in [1.165, 1.54) is 11.8 Å². The zero-order valence-electron chi connectivity index (χ0n) is 5.55. The average Bonchev–Trinajstić information content (AvgIpc) is 2.13. The van der Waals surface area contributed by atoms with Gasteiger partial charge in [0.1, 0.15) is 5.37 Å². The topological polar surface area (TPSA) is 29.4 Å². The second-order valence-electron chi connectivity index (χ2n) is 1.98. The summed E-state index contributed by atoms with van der Waals surface area (Å²) in [4.78, 5) is 14.9. The monoisotopic (exact) mass is 143 g/mol. The molecule has 0 N–H and O–H groups in total. The van der Waals surface area contributed by atoms with E-state index < -0.39 is 0 Å². The van der Waals surface area contributed by atoms with E-state index >= 15 is 0 Å². The highest BCUT2D eigenvalue weighted by atomic mass is 32.2. The van der Waals surface area contributed by atoms with Crippen molar-refractivity contribution in [1.82, 2.24) is 0 Å². The molecule has 50 valence electrons. The second-order valence-corrected chi connectivity index (χ2v) is 3.13. The highest BCUT2D eigenvalue weighted by Crippen LogP contribution is 2.23. The van der Waals surface area contributed by atoms with Crippen LogP contribution in [0.2, 0.25) is 0 Å². The predicted octanol–water partition coefficient (Wildman–Crippen LogP) is 1.46. The summed E-state index contributed by atoms with van der Waals surface area (Å²) in [5, 5.41) is 0.347. The molecule has 0 radical (unpaired) electrons. The number of nitrogens with zero attached hydrogens (tertiary/aromatic N) is 1. The van der Waals surface area contributed by atoms with Gasteiger partial charge in [-0.25, -0.2) is 0 Å². The Kier molecular flexibility index (Phi) is 1.90. The number of carbonyl (C=O) groups is 1. The molecule has 0 aromatic carbocycles. The molecule has 2 nitrogen and oxygen atoms in total. The molecule has 0 aliphatic carbocycles. The Morgan fingerprint density at radius 2 is 2.44 bits per heavy atom. The van der Waals surface area contributed by atoms with E-state index in [1.54, 1.807) is 6.92 Å². The van der Waals surface area contributed by atoms with Gasteiger partial charge in [-0.1, -0.05) is 18.7 Å². The molecule has 0 fully saturated rings. The molecule has 0 aromatic rings. The van der Waals surface area contributed by atoms with E-state index in [1.807, 2.05) is 6.92 Å². The Morgan fingerprint density at radius 1 is 1.78 bits per heavy atom. The molecular formula is C6H9NOS. The van der Waals surface area contributed by atoms with Gasteiger partial charge in [0.05, 0.1) is 5.71 Å². The molecular weight excluding hydrogens is 134 g/mol. The van der Waals surface area contributed by atoms with E-state index in [0.717, 1.165) is 6.42 Å². The van der Waals surface area contributed by atoms with Gasteiger partial charge < -0.3 is 0 Å². The van der Waals surface area contributed by atoms with Gasteiger partial charge in [0.15, 0.2) is 0 Å². The van der Waals surface area contributed by atoms with E-state index in [0.29, 0.717) is 5.71 Å². The van der Waals surface area contributed by atoms with Crippen LogP contribution in [0.4, 0.5) is 0 Å². The van der Waals surface area contributed by atoms with Gasteiger partial charge in [0, 0.05) is 0 Å². The predicted molar refractivity (Wildman–Crippen MR) is 39.8 cm³/mol. The number of hydrogen-bond donors (Lipinski definition) is 0. The van der Waals surface area contributed by atoms with Crippen LogP contribution >= 0.6 is 11.8 Å². The van der Waals surface area contributed by atoms with Crippen molar-refractivity contribution < 1.29 is 4.79 Å². The minimum absolute atomic E-state index is 0.141. The van der Waals surface area contributed by atoms with E-state index in [2.05, 4.69) is 4.99 Å². The standard InChI is InChI=1S/C6H9NOS/c1-3-5-7-4(2)6(8)9-5/h5H,3H2,1-2H3. The fraction of sp³-hybridized carbons (Fsp3) is 0.667. The van der Waals surface area contributed by atoms with Gasteiger partial charge >= 0.3 is 0 Å². The molecule has 1 atom stereocenters. The highest BCUT2D eigenvalue weighted by molar-refractivity contribution is 8.16. The molecule has 0 saturated heterocycles. The van der Waals surface area contributed by atoms with Crippen molar-refractivity contribution in [3.05, 3.63) is 0 Å². The minimum Gasteiger partial charge on any atom is -0.280 e. The smallest absolute Gasteiger partial charge is 0.234 e. The molecule has 0 spiro atoms. The number of thioether (sulfide) groups is 1. The van der Waals surface area contributed by atoms with Crippen molar-refractivity contribution in [3.8, 4) is 0 Å². The molecule has 1 unspecified atom stereocenters. The molecule has 0 amide bonds. The van der Waals surface area contributed by atoms with Crippen molar-refractivity contribution in [1.29, 1.82) is 0 Å². The quantitative estimate of drug-likeness (QED) is 0.556. The van der Waals surface area contributed by atoms with Gasteiger partial charge in [-0.15, -0.1) is 0 Å². The summed E-state index contributed by atoms with van der Waals surface area (Å²) in [5.74, 6) is 0. The van der Waals surface area contributed by atoms with Gasteiger partial charge in [0.25, 0.3) is 0 Å². The first-order chi connectivity index (χ1) is 4.24. The van der Waals surface area contributed by atoms with E-state index in [9.17, 15) is 4.79 Å². The highest BCUT2D eigenvalue weighted by Gasteiger charge is 2.21. The molecule has 0 bridgehead atoms. The third kappa shape index (κ3) is 1.33. The Hall–Kier alpha value is -0.310. The minimum atomic E-state index is 0.141. The molecule has 3 heteroatoms. The van der Waals surface area contributed by atoms with Gasteiger partial charge in [-0.2, -0.15) is 0 Å².